The minimum Gasteiger partial charge on any atom is -0.355 e. The third-order valence-corrected chi connectivity index (χ3v) is 12.6. The van der Waals surface area contributed by atoms with Gasteiger partial charge < -0.3 is 9.97 Å². The maximum atomic E-state index is 14.3. The number of hydrogen-bond donors (Lipinski definition) is 2. The Kier molecular flexibility index (Phi) is 8.67. The van der Waals surface area contributed by atoms with Crippen molar-refractivity contribution in [2.75, 3.05) is 4.90 Å². The predicted molar refractivity (Wildman–Crippen MR) is 259 cm³/mol. The number of benzene rings is 5. The van der Waals surface area contributed by atoms with Gasteiger partial charge in [-0.15, -0.1) is 0 Å². The van der Waals surface area contributed by atoms with Crippen LogP contribution in [0.15, 0.2) is 115 Å². The predicted octanol–water partition coefficient (Wildman–Crippen LogP) is 13.5. The Morgan fingerprint density at radius 1 is 0.460 bits per heavy atom. The second-order valence-corrected chi connectivity index (χ2v) is 17.1. The fourth-order valence-electron chi connectivity index (χ4n) is 10.2. The van der Waals surface area contributed by atoms with E-state index in [9.17, 15) is 9.59 Å². The van der Waals surface area contributed by atoms with Crippen LogP contribution in [0, 0.1) is 41.5 Å². The SMILES string of the molecule is Cc1cc(C)c(-c2c3nc(c(-c4cccc(N5C(=O)c6cccc7cccc(c67)C5=O)c4)c4ccc([nH]4)c(-c4c(C)cc(C)cc4C)c4nc(cc5ccc2[nH]5)C=C4)C=C3)c(C)c1. The molecule has 6 heterocycles. The summed E-state index contributed by atoms with van der Waals surface area (Å²) in [6.07, 6.45) is 8.34. The molecule has 304 valence electrons. The fraction of sp³-hybridized carbons (Fsp3) is 0.107. The molecule has 2 N–H and O–H groups in total. The van der Waals surface area contributed by atoms with E-state index < -0.39 is 0 Å². The Balaban J connectivity index is 1.23. The molecular weight excluding hydrogens is 775 g/mol. The highest BCUT2D eigenvalue weighted by Crippen LogP contribution is 2.41. The number of nitrogens with zero attached hydrogens (tertiary/aromatic N) is 3. The maximum absolute atomic E-state index is 14.3. The van der Waals surface area contributed by atoms with E-state index in [0.717, 1.165) is 106 Å². The average molecular weight is 818 g/mol. The van der Waals surface area contributed by atoms with Crippen molar-refractivity contribution in [1.82, 2.24) is 19.9 Å². The largest absolute Gasteiger partial charge is 0.355 e. The Morgan fingerprint density at radius 3 is 1.59 bits per heavy atom. The zero-order valence-electron chi connectivity index (χ0n) is 35.9. The van der Waals surface area contributed by atoms with E-state index in [-0.39, 0.29) is 11.8 Å². The summed E-state index contributed by atoms with van der Waals surface area (Å²) in [4.78, 5) is 48.3. The lowest BCUT2D eigenvalue weighted by molar-refractivity contribution is 0.0893. The molecule has 11 rings (SSSR count). The van der Waals surface area contributed by atoms with Gasteiger partial charge in [-0.1, -0.05) is 71.8 Å². The highest BCUT2D eigenvalue weighted by atomic mass is 16.2. The average Bonchev–Trinajstić information content (AvgIpc) is 4.10. The molecule has 8 bridgehead atoms. The molecule has 7 nitrogen and oxygen atoms in total. The van der Waals surface area contributed by atoms with Crippen molar-refractivity contribution in [2.24, 2.45) is 0 Å². The van der Waals surface area contributed by atoms with Crippen molar-refractivity contribution >= 4 is 74.6 Å². The summed E-state index contributed by atoms with van der Waals surface area (Å²) in [7, 11) is 0. The number of aryl methyl sites for hydroxylation is 6. The molecule has 7 heteroatoms. The van der Waals surface area contributed by atoms with Gasteiger partial charge in [0.1, 0.15) is 0 Å². The van der Waals surface area contributed by atoms with Crippen molar-refractivity contribution in [3.05, 3.63) is 183 Å². The first-order valence-corrected chi connectivity index (χ1v) is 21.3. The number of hydrogen-bond acceptors (Lipinski definition) is 4. The van der Waals surface area contributed by atoms with E-state index in [1.54, 1.807) is 12.1 Å². The highest BCUT2D eigenvalue weighted by Gasteiger charge is 2.34. The van der Waals surface area contributed by atoms with E-state index in [0.29, 0.717) is 22.2 Å². The van der Waals surface area contributed by atoms with E-state index in [1.165, 1.54) is 16.0 Å². The van der Waals surface area contributed by atoms with E-state index in [2.05, 4.69) is 130 Å². The molecule has 3 aliphatic heterocycles. The Bertz CT molecular complexity index is 3430. The van der Waals surface area contributed by atoms with Crippen molar-refractivity contribution in [1.29, 1.82) is 0 Å². The standard InChI is InChI=1S/C56H43N5O2/c1-30-24-32(3)49(33(4)25-30)53-45-18-16-38(57-45)29-39-17-19-46(58-39)54(50-34(5)26-31(2)27-35(50)6)48-23-21-44(60-48)52(43-20-22-47(53)59-43)37-12-7-13-40(28-37)61-55(62)41-14-8-10-36-11-9-15-42(51(36)41)56(61)63/h7-29,57,60H,1-6H3. The van der Waals surface area contributed by atoms with E-state index >= 15 is 0 Å². The molecular formula is C56H43N5O2. The first kappa shape index (κ1) is 38.1. The number of rotatable bonds is 4. The maximum Gasteiger partial charge on any atom is 0.265 e. The van der Waals surface area contributed by atoms with Crippen LogP contribution < -0.4 is 4.90 Å². The normalized spacial score (nSPS) is 13.1. The number of aromatic amines is 2. The van der Waals surface area contributed by atoms with Gasteiger partial charge in [0.2, 0.25) is 0 Å². The lowest BCUT2D eigenvalue weighted by atomic mass is 9.92. The van der Waals surface area contributed by atoms with Gasteiger partial charge in [-0.05, 0) is 165 Å². The van der Waals surface area contributed by atoms with E-state index in [1.807, 2.05) is 48.5 Å². The van der Waals surface area contributed by atoms with Crippen molar-refractivity contribution < 1.29 is 9.59 Å². The summed E-state index contributed by atoms with van der Waals surface area (Å²) in [6, 6.07) is 38.3. The number of anilines is 1. The minimum absolute atomic E-state index is 0.351. The van der Waals surface area contributed by atoms with Crippen LogP contribution >= 0.6 is 0 Å². The highest BCUT2D eigenvalue weighted by molar-refractivity contribution is 6.36. The van der Waals surface area contributed by atoms with Crippen LogP contribution in [-0.2, 0) is 0 Å². The summed E-state index contributed by atoms with van der Waals surface area (Å²) < 4.78 is 0. The number of carbonyl (C=O) groups is 2. The number of H-pyrrole nitrogens is 2. The third kappa shape index (κ3) is 6.18. The number of nitrogens with one attached hydrogen (secondary N) is 2. The van der Waals surface area contributed by atoms with Crippen LogP contribution in [0.4, 0.5) is 5.69 Å². The summed E-state index contributed by atoms with van der Waals surface area (Å²) in [5.74, 6) is -0.703. The van der Waals surface area contributed by atoms with Gasteiger partial charge in [0, 0.05) is 55.3 Å². The Hall–Kier alpha value is -7.90. The Labute approximate surface area is 365 Å². The summed E-state index contributed by atoms with van der Waals surface area (Å²) in [5.41, 5.74) is 21.3. The van der Waals surface area contributed by atoms with Crippen LogP contribution in [0.3, 0.4) is 0 Å². The van der Waals surface area contributed by atoms with Gasteiger partial charge in [0.25, 0.3) is 11.8 Å². The molecule has 0 saturated carbocycles. The molecule has 8 aromatic rings. The van der Waals surface area contributed by atoms with E-state index in [4.69, 9.17) is 9.97 Å². The van der Waals surface area contributed by atoms with Crippen LogP contribution in [0.25, 0.3) is 90.5 Å². The number of carbonyl (C=O) groups excluding carboxylic acids is 2. The van der Waals surface area contributed by atoms with Crippen LogP contribution in [0.5, 0.6) is 0 Å². The van der Waals surface area contributed by atoms with Crippen molar-refractivity contribution in [2.45, 2.75) is 41.5 Å². The molecule has 3 aliphatic rings. The first-order valence-electron chi connectivity index (χ1n) is 21.3. The smallest absolute Gasteiger partial charge is 0.265 e. The number of imide groups is 1. The number of fused-ring (bicyclic) bond motifs is 8. The quantitative estimate of drug-likeness (QED) is 0.173. The molecule has 0 spiro atoms. The molecule has 63 heavy (non-hydrogen) atoms. The van der Waals surface area contributed by atoms with Gasteiger partial charge in [-0.2, -0.15) is 0 Å². The van der Waals surface area contributed by atoms with Crippen molar-refractivity contribution in [3.8, 4) is 33.4 Å². The van der Waals surface area contributed by atoms with Gasteiger partial charge in [0.05, 0.1) is 28.5 Å². The summed E-state index contributed by atoms with van der Waals surface area (Å²) >= 11 is 0. The van der Waals surface area contributed by atoms with Crippen LogP contribution in [0.1, 0.15) is 76.9 Å². The molecule has 0 saturated heterocycles. The summed E-state index contributed by atoms with van der Waals surface area (Å²) in [5, 5.41) is 1.56. The zero-order valence-corrected chi connectivity index (χ0v) is 35.9. The number of aromatic nitrogens is 4. The molecule has 0 unspecified atom stereocenters. The molecule has 3 aromatic heterocycles. The lowest BCUT2D eigenvalue weighted by Crippen LogP contribution is -2.40. The second-order valence-electron chi connectivity index (χ2n) is 17.1. The third-order valence-electron chi connectivity index (χ3n) is 12.6. The second kappa shape index (κ2) is 14.4. The lowest BCUT2D eigenvalue weighted by Gasteiger charge is -2.27. The number of amides is 2. The Morgan fingerprint density at radius 2 is 0.968 bits per heavy atom. The zero-order chi connectivity index (χ0) is 43.3. The molecule has 5 aromatic carbocycles. The van der Waals surface area contributed by atoms with Crippen LogP contribution in [0.2, 0.25) is 0 Å². The van der Waals surface area contributed by atoms with Crippen LogP contribution in [-0.4, -0.2) is 31.8 Å². The molecule has 0 aliphatic carbocycles. The molecule has 0 fully saturated rings. The summed E-state index contributed by atoms with van der Waals surface area (Å²) in [6.45, 7) is 12.9. The van der Waals surface area contributed by atoms with Crippen molar-refractivity contribution in [3.63, 3.8) is 0 Å². The molecule has 0 atom stereocenters. The minimum atomic E-state index is -0.351. The van der Waals surface area contributed by atoms with Gasteiger partial charge in [0.15, 0.2) is 0 Å². The topological polar surface area (TPSA) is 94.7 Å². The monoisotopic (exact) mass is 817 g/mol. The fourth-order valence-corrected chi connectivity index (χ4v) is 10.2. The van der Waals surface area contributed by atoms with Gasteiger partial charge >= 0.3 is 0 Å². The molecule has 0 radical (unpaired) electrons. The van der Waals surface area contributed by atoms with Gasteiger partial charge in [-0.3, -0.25) is 9.59 Å². The molecule has 2 amide bonds. The van der Waals surface area contributed by atoms with Gasteiger partial charge in [-0.25, -0.2) is 14.9 Å². The first-order chi connectivity index (χ1) is 30.5.